The van der Waals surface area contributed by atoms with Crippen LogP contribution in [0.5, 0.6) is 0 Å². The second-order valence-corrected chi connectivity index (χ2v) is 6.17. The molecule has 2 N–H and O–H groups in total. The molecular weight excluding hydrogens is 313 g/mol. The predicted molar refractivity (Wildman–Crippen MR) is 87.8 cm³/mol. The average molecular weight is 331 g/mol. The largest absolute Gasteiger partial charge is 0.387 e. The maximum atomic E-state index is 13.3. The summed E-state index contributed by atoms with van der Waals surface area (Å²) in [5.74, 6) is 0.368. The molecule has 1 amide bonds. The molecule has 0 radical (unpaired) electrons. The number of rotatable bonds is 3. The van der Waals surface area contributed by atoms with E-state index in [1.165, 1.54) is 6.42 Å². The number of aromatic nitrogens is 1. The first kappa shape index (κ1) is 15.3. The Morgan fingerprint density at radius 2 is 2.12 bits per heavy atom. The lowest BCUT2D eigenvalue weighted by Crippen LogP contribution is -2.38. The minimum Gasteiger partial charge on any atom is -0.387 e. The molecule has 0 spiro atoms. The van der Waals surface area contributed by atoms with Crippen molar-refractivity contribution in [1.29, 1.82) is 0 Å². The number of fused-ring (bicyclic) bond motifs is 1. The van der Waals surface area contributed by atoms with E-state index in [9.17, 15) is 14.3 Å². The maximum absolute atomic E-state index is 13.3. The van der Waals surface area contributed by atoms with Gasteiger partial charge in [-0.25, -0.2) is 9.37 Å². The van der Waals surface area contributed by atoms with Crippen molar-refractivity contribution in [3.63, 3.8) is 0 Å². The third-order valence-electron chi connectivity index (χ3n) is 4.50. The van der Waals surface area contributed by atoms with Crippen LogP contribution < -0.4 is 10.2 Å². The Morgan fingerprint density at radius 1 is 1.33 bits per heavy atom. The van der Waals surface area contributed by atoms with Crippen molar-refractivity contribution in [3.8, 4) is 0 Å². The van der Waals surface area contributed by atoms with Crippen LogP contribution in [0.25, 0.3) is 10.9 Å². The number of anilines is 2. The number of aliphatic hydroxyl groups is 1. The third-order valence-corrected chi connectivity index (χ3v) is 4.50. The third kappa shape index (κ3) is 2.70. The standard InChI is InChI=1S/C17H18FN3O3/c18-12-9-24-16(15(12)22)17(23)19-11-4-2-10-3-5-14(20-13(10)8-11)21-6-1-7-21/h2-5,8,12,15-16,22H,1,6-7,9H2,(H,19,23). The van der Waals surface area contributed by atoms with Gasteiger partial charge in [0.15, 0.2) is 12.3 Å². The van der Waals surface area contributed by atoms with Crippen LogP contribution in [0, 0.1) is 0 Å². The Morgan fingerprint density at radius 3 is 2.79 bits per heavy atom. The number of alkyl halides is 1. The highest BCUT2D eigenvalue weighted by molar-refractivity contribution is 5.96. The quantitative estimate of drug-likeness (QED) is 0.891. The van der Waals surface area contributed by atoms with Crippen LogP contribution in [0.15, 0.2) is 30.3 Å². The number of hydrogen-bond donors (Lipinski definition) is 2. The molecule has 1 aromatic carbocycles. The number of nitrogens with zero attached hydrogens (tertiary/aromatic N) is 2. The zero-order valence-corrected chi connectivity index (χ0v) is 13.0. The summed E-state index contributed by atoms with van der Waals surface area (Å²) in [7, 11) is 0. The van der Waals surface area contributed by atoms with Crippen molar-refractivity contribution >= 4 is 28.3 Å². The molecule has 126 valence electrons. The highest BCUT2D eigenvalue weighted by atomic mass is 19.1. The highest BCUT2D eigenvalue weighted by Gasteiger charge is 2.40. The smallest absolute Gasteiger partial charge is 0.256 e. The number of pyridine rings is 1. The van der Waals surface area contributed by atoms with Gasteiger partial charge < -0.3 is 20.1 Å². The lowest BCUT2D eigenvalue weighted by molar-refractivity contribution is -0.128. The molecule has 1 aromatic heterocycles. The number of benzene rings is 1. The first-order valence-corrected chi connectivity index (χ1v) is 8.02. The van der Waals surface area contributed by atoms with Crippen molar-refractivity contribution in [2.45, 2.75) is 24.8 Å². The van der Waals surface area contributed by atoms with Gasteiger partial charge in [0.2, 0.25) is 0 Å². The predicted octanol–water partition coefficient (Wildman–Crippen LogP) is 1.48. The summed E-state index contributed by atoms with van der Waals surface area (Å²) in [5.41, 5.74) is 1.31. The second-order valence-electron chi connectivity index (χ2n) is 6.17. The van der Waals surface area contributed by atoms with Crippen LogP contribution in [0.3, 0.4) is 0 Å². The fourth-order valence-electron chi connectivity index (χ4n) is 2.93. The zero-order chi connectivity index (χ0) is 16.7. The number of carbonyl (C=O) groups is 1. The molecule has 3 atom stereocenters. The second kappa shape index (κ2) is 5.99. The summed E-state index contributed by atoms with van der Waals surface area (Å²) in [5, 5.41) is 13.3. The number of hydrogen-bond acceptors (Lipinski definition) is 5. The van der Waals surface area contributed by atoms with Crippen LogP contribution in [0.2, 0.25) is 0 Å². The highest BCUT2D eigenvalue weighted by Crippen LogP contribution is 2.25. The molecule has 2 aliphatic heterocycles. The maximum Gasteiger partial charge on any atom is 0.256 e. The molecule has 2 fully saturated rings. The average Bonchev–Trinajstić information content (AvgIpc) is 2.85. The lowest BCUT2D eigenvalue weighted by Gasteiger charge is -2.32. The van der Waals surface area contributed by atoms with Crippen molar-refractivity contribution in [2.75, 3.05) is 29.9 Å². The topological polar surface area (TPSA) is 74.7 Å². The van der Waals surface area contributed by atoms with E-state index in [1.54, 1.807) is 12.1 Å². The normalized spacial score (nSPS) is 26.4. The molecule has 6 nitrogen and oxygen atoms in total. The molecule has 2 aliphatic rings. The minimum atomic E-state index is -1.53. The van der Waals surface area contributed by atoms with Gasteiger partial charge in [0.05, 0.1) is 12.1 Å². The Bertz CT molecular complexity index is 781. The van der Waals surface area contributed by atoms with Crippen LogP contribution in [0.4, 0.5) is 15.9 Å². The Hall–Kier alpha value is -2.25. The van der Waals surface area contributed by atoms with Crippen LogP contribution in [-0.4, -0.2) is 54.1 Å². The van der Waals surface area contributed by atoms with Gasteiger partial charge in [-0.05, 0) is 30.7 Å². The van der Waals surface area contributed by atoms with E-state index in [1.807, 2.05) is 18.2 Å². The monoisotopic (exact) mass is 331 g/mol. The van der Waals surface area contributed by atoms with Gasteiger partial charge in [0, 0.05) is 24.2 Å². The van der Waals surface area contributed by atoms with Gasteiger partial charge in [-0.1, -0.05) is 6.07 Å². The Kier molecular flexibility index (Phi) is 3.82. The fraction of sp³-hybridized carbons (Fsp3) is 0.412. The van der Waals surface area contributed by atoms with Crippen molar-refractivity contribution in [3.05, 3.63) is 30.3 Å². The SMILES string of the molecule is O=C(Nc1ccc2ccc(N3CCC3)nc2c1)C1OCC(F)C1O. The number of carbonyl (C=O) groups excluding carboxylic acids is 1. The van der Waals surface area contributed by atoms with E-state index in [0.717, 1.165) is 29.8 Å². The van der Waals surface area contributed by atoms with Crippen LogP contribution in [-0.2, 0) is 9.53 Å². The zero-order valence-electron chi connectivity index (χ0n) is 13.0. The van der Waals surface area contributed by atoms with Gasteiger partial charge in [-0.2, -0.15) is 0 Å². The number of amides is 1. The van der Waals surface area contributed by atoms with E-state index < -0.39 is 24.3 Å². The van der Waals surface area contributed by atoms with Crippen LogP contribution >= 0.6 is 0 Å². The molecule has 24 heavy (non-hydrogen) atoms. The molecule has 0 saturated carbocycles. The van der Waals surface area contributed by atoms with Gasteiger partial charge in [-0.15, -0.1) is 0 Å². The molecular formula is C17H18FN3O3. The van der Waals surface area contributed by atoms with Gasteiger partial charge in [-0.3, -0.25) is 4.79 Å². The van der Waals surface area contributed by atoms with Crippen molar-refractivity contribution in [1.82, 2.24) is 4.98 Å². The molecule has 0 aliphatic carbocycles. The van der Waals surface area contributed by atoms with E-state index in [2.05, 4.69) is 15.2 Å². The fourth-order valence-corrected chi connectivity index (χ4v) is 2.93. The molecule has 3 heterocycles. The van der Waals surface area contributed by atoms with Crippen molar-refractivity contribution in [2.24, 2.45) is 0 Å². The molecule has 2 saturated heterocycles. The molecule has 2 aromatic rings. The number of halogens is 1. The number of nitrogens with one attached hydrogen (secondary N) is 1. The summed E-state index contributed by atoms with van der Waals surface area (Å²) in [6, 6.07) is 9.37. The van der Waals surface area contributed by atoms with E-state index >= 15 is 0 Å². The molecule has 7 heteroatoms. The lowest BCUT2D eigenvalue weighted by atomic mass is 10.1. The summed E-state index contributed by atoms with van der Waals surface area (Å²) >= 11 is 0. The van der Waals surface area contributed by atoms with Gasteiger partial charge in [0.1, 0.15) is 11.9 Å². The number of ether oxygens (including phenoxy) is 1. The molecule has 3 unspecified atom stereocenters. The van der Waals surface area contributed by atoms with Gasteiger partial charge in [0.25, 0.3) is 5.91 Å². The summed E-state index contributed by atoms with van der Waals surface area (Å²) in [6.45, 7) is 1.75. The van der Waals surface area contributed by atoms with E-state index in [-0.39, 0.29) is 6.61 Å². The summed E-state index contributed by atoms with van der Waals surface area (Å²) < 4.78 is 18.3. The van der Waals surface area contributed by atoms with E-state index in [4.69, 9.17) is 4.74 Å². The molecule has 4 rings (SSSR count). The summed E-state index contributed by atoms with van der Waals surface area (Å²) in [6.07, 6.45) is -2.97. The van der Waals surface area contributed by atoms with Gasteiger partial charge >= 0.3 is 0 Å². The number of aliphatic hydroxyl groups excluding tert-OH is 1. The van der Waals surface area contributed by atoms with E-state index in [0.29, 0.717) is 5.69 Å². The summed E-state index contributed by atoms with van der Waals surface area (Å²) in [4.78, 5) is 19.0. The molecule has 0 bridgehead atoms. The first-order valence-electron chi connectivity index (χ1n) is 8.02. The van der Waals surface area contributed by atoms with Crippen LogP contribution in [0.1, 0.15) is 6.42 Å². The minimum absolute atomic E-state index is 0.266. The van der Waals surface area contributed by atoms with Crippen molar-refractivity contribution < 1.29 is 19.0 Å². The Labute approximate surface area is 138 Å². The Balaban J connectivity index is 1.54. The first-order chi connectivity index (χ1) is 11.6.